The van der Waals surface area contributed by atoms with E-state index in [1.807, 2.05) is 19.9 Å². The van der Waals surface area contributed by atoms with Crippen LogP contribution in [-0.4, -0.2) is 56.9 Å². The molecule has 0 saturated carbocycles. The zero-order valence-electron chi connectivity index (χ0n) is 13.4. The van der Waals surface area contributed by atoms with Crippen molar-refractivity contribution < 1.29 is 4.52 Å². The summed E-state index contributed by atoms with van der Waals surface area (Å²) < 4.78 is 5.55. The lowest BCUT2D eigenvalue weighted by Gasteiger charge is -2.30. The van der Waals surface area contributed by atoms with Gasteiger partial charge in [-0.1, -0.05) is 5.16 Å². The number of aromatic nitrogens is 5. The van der Waals surface area contributed by atoms with Gasteiger partial charge in [0.1, 0.15) is 0 Å². The molecule has 0 aromatic carbocycles. The Morgan fingerprint density at radius 3 is 3.00 bits per heavy atom. The number of aryl methyl sites for hydroxylation is 2. The van der Waals surface area contributed by atoms with Gasteiger partial charge < -0.3 is 9.84 Å². The number of H-pyrrole nitrogens is 1. The topological polar surface area (TPSA) is 95.8 Å². The van der Waals surface area contributed by atoms with E-state index in [1.54, 1.807) is 0 Å². The quantitative estimate of drug-likeness (QED) is 0.734. The summed E-state index contributed by atoms with van der Waals surface area (Å²) >= 11 is 0. The molecule has 8 nitrogen and oxygen atoms in total. The number of nitrogens with zero attached hydrogens (tertiary/aromatic N) is 5. The van der Waals surface area contributed by atoms with Crippen molar-refractivity contribution in [2.45, 2.75) is 19.9 Å². The third kappa shape index (κ3) is 2.40. The van der Waals surface area contributed by atoms with E-state index in [4.69, 9.17) is 4.52 Å². The second kappa shape index (κ2) is 5.39. The first-order chi connectivity index (χ1) is 11.1. The Morgan fingerprint density at radius 1 is 1.30 bits per heavy atom. The average Bonchev–Trinajstić information content (AvgIpc) is 3.15. The van der Waals surface area contributed by atoms with Crippen LogP contribution in [0.3, 0.4) is 0 Å². The minimum Gasteiger partial charge on any atom is -0.334 e. The van der Waals surface area contributed by atoms with Crippen LogP contribution in [-0.2, 0) is 0 Å². The van der Waals surface area contributed by atoms with Crippen molar-refractivity contribution in [3.05, 3.63) is 23.3 Å². The van der Waals surface area contributed by atoms with E-state index in [9.17, 15) is 0 Å². The minimum atomic E-state index is 0.130. The van der Waals surface area contributed by atoms with Gasteiger partial charge >= 0.3 is 0 Å². The van der Waals surface area contributed by atoms with Crippen molar-refractivity contribution >= 4 is 11.0 Å². The van der Waals surface area contributed by atoms with E-state index < -0.39 is 0 Å². The van der Waals surface area contributed by atoms with Crippen LogP contribution in [0.1, 0.15) is 23.3 Å². The van der Waals surface area contributed by atoms with Crippen molar-refractivity contribution in [2.75, 3.05) is 26.7 Å². The van der Waals surface area contributed by atoms with E-state index in [-0.39, 0.29) is 6.04 Å². The first kappa shape index (κ1) is 14.3. The maximum absolute atomic E-state index is 5.55. The summed E-state index contributed by atoms with van der Waals surface area (Å²) in [6.07, 6.45) is 0. The van der Waals surface area contributed by atoms with Gasteiger partial charge in [0, 0.05) is 31.0 Å². The van der Waals surface area contributed by atoms with E-state index in [2.05, 4.69) is 42.6 Å². The Labute approximate surface area is 133 Å². The lowest BCUT2D eigenvalue weighted by atomic mass is 10.1. The van der Waals surface area contributed by atoms with Crippen LogP contribution in [0.25, 0.3) is 22.5 Å². The molecule has 0 radical (unpaired) electrons. The molecule has 3 aromatic rings. The lowest BCUT2D eigenvalue weighted by Crippen LogP contribution is -2.44. The standard InChI is InChI=1S/C15H19N7O/c1-8-6-10(12-9(2)19-20-14(12)17-8)15-18-13(21-23-15)11-7-16-4-5-22(11)3/h6,11,16H,4-5,7H2,1-3H3,(H,17,19,20). The first-order valence-electron chi connectivity index (χ1n) is 7.70. The lowest BCUT2D eigenvalue weighted by molar-refractivity contribution is 0.190. The van der Waals surface area contributed by atoms with Crippen LogP contribution < -0.4 is 5.32 Å². The zero-order valence-corrected chi connectivity index (χ0v) is 13.4. The Balaban J connectivity index is 1.79. The summed E-state index contributed by atoms with van der Waals surface area (Å²) in [4.78, 5) is 11.3. The maximum atomic E-state index is 5.55. The van der Waals surface area contributed by atoms with Crippen LogP contribution in [0.2, 0.25) is 0 Å². The molecule has 1 unspecified atom stereocenters. The summed E-state index contributed by atoms with van der Waals surface area (Å²) in [5, 5.41) is 15.7. The number of hydrogen-bond acceptors (Lipinski definition) is 7. The van der Waals surface area contributed by atoms with Gasteiger partial charge in [0.25, 0.3) is 5.89 Å². The molecule has 1 aliphatic heterocycles. The Hall–Kier alpha value is -2.32. The van der Waals surface area contributed by atoms with Crippen molar-refractivity contribution in [1.29, 1.82) is 0 Å². The van der Waals surface area contributed by atoms with E-state index in [1.165, 1.54) is 0 Å². The zero-order chi connectivity index (χ0) is 16.0. The third-order valence-corrected chi connectivity index (χ3v) is 4.31. The fraction of sp³-hybridized carbons (Fsp3) is 0.467. The molecule has 1 fully saturated rings. The monoisotopic (exact) mass is 313 g/mol. The SMILES string of the molecule is Cc1cc(-c2nc(C3CNCCN3C)no2)c2c(C)[nH]nc2n1. The molecule has 3 aromatic heterocycles. The Bertz CT molecular complexity index is 853. The van der Waals surface area contributed by atoms with Gasteiger partial charge in [-0.2, -0.15) is 10.1 Å². The molecule has 8 heteroatoms. The molecule has 1 saturated heterocycles. The molecule has 23 heavy (non-hydrogen) atoms. The number of fused-ring (bicyclic) bond motifs is 1. The van der Waals surface area contributed by atoms with Gasteiger partial charge in [0.2, 0.25) is 0 Å². The van der Waals surface area contributed by atoms with Gasteiger partial charge in [-0.3, -0.25) is 10.00 Å². The second-order valence-corrected chi connectivity index (χ2v) is 6.02. The highest BCUT2D eigenvalue weighted by Gasteiger charge is 2.26. The predicted octanol–water partition coefficient (Wildman–Crippen LogP) is 1.20. The fourth-order valence-electron chi connectivity index (χ4n) is 3.04. The number of nitrogens with one attached hydrogen (secondary N) is 2. The summed E-state index contributed by atoms with van der Waals surface area (Å²) in [5.41, 5.74) is 3.37. The van der Waals surface area contributed by atoms with Gasteiger partial charge in [-0.25, -0.2) is 4.98 Å². The summed E-state index contributed by atoms with van der Waals surface area (Å²) in [5.74, 6) is 1.22. The normalized spacial score (nSPS) is 19.5. The molecule has 4 heterocycles. The Morgan fingerprint density at radius 2 is 2.17 bits per heavy atom. The molecule has 0 bridgehead atoms. The Kier molecular flexibility index (Phi) is 3.35. The molecule has 1 atom stereocenters. The van der Waals surface area contributed by atoms with Crippen LogP contribution in [0.15, 0.2) is 10.6 Å². The molecule has 4 rings (SSSR count). The highest BCUT2D eigenvalue weighted by atomic mass is 16.5. The molecular formula is C15H19N7O. The molecule has 0 aliphatic carbocycles. The van der Waals surface area contributed by atoms with Gasteiger partial charge in [-0.05, 0) is 27.0 Å². The average molecular weight is 313 g/mol. The summed E-state index contributed by atoms with van der Waals surface area (Å²) in [7, 11) is 2.08. The highest BCUT2D eigenvalue weighted by Crippen LogP contribution is 2.30. The van der Waals surface area contributed by atoms with Crippen LogP contribution in [0.5, 0.6) is 0 Å². The summed E-state index contributed by atoms with van der Waals surface area (Å²) in [6.45, 7) is 6.67. The molecule has 0 spiro atoms. The van der Waals surface area contributed by atoms with E-state index in [0.29, 0.717) is 17.4 Å². The van der Waals surface area contributed by atoms with Crippen LogP contribution >= 0.6 is 0 Å². The minimum absolute atomic E-state index is 0.130. The molecule has 2 N–H and O–H groups in total. The van der Waals surface area contributed by atoms with Crippen LogP contribution in [0, 0.1) is 13.8 Å². The fourth-order valence-corrected chi connectivity index (χ4v) is 3.04. The number of pyridine rings is 1. The molecule has 0 amide bonds. The number of aromatic amines is 1. The molecule has 1 aliphatic rings. The molecular weight excluding hydrogens is 294 g/mol. The second-order valence-electron chi connectivity index (χ2n) is 6.02. The highest BCUT2D eigenvalue weighted by molar-refractivity contribution is 5.92. The number of rotatable bonds is 2. The van der Waals surface area contributed by atoms with Crippen molar-refractivity contribution in [3.63, 3.8) is 0 Å². The largest absolute Gasteiger partial charge is 0.334 e. The molecule has 120 valence electrons. The number of likely N-dealkylation sites (N-methyl/N-ethyl adjacent to an activating group) is 1. The number of hydrogen-bond donors (Lipinski definition) is 2. The maximum Gasteiger partial charge on any atom is 0.258 e. The van der Waals surface area contributed by atoms with Gasteiger partial charge in [0.05, 0.1) is 17.0 Å². The van der Waals surface area contributed by atoms with Gasteiger partial charge in [-0.15, -0.1) is 0 Å². The van der Waals surface area contributed by atoms with Crippen molar-refractivity contribution in [3.8, 4) is 11.5 Å². The number of piperazine rings is 1. The van der Waals surface area contributed by atoms with E-state index >= 15 is 0 Å². The van der Waals surface area contributed by atoms with Gasteiger partial charge in [0.15, 0.2) is 11.5 Å². The van der Waals surface area contributed by atoms with Crippen molar-refractivity contribution in [1.82, 2.24) is 35.5 Å². The van der Waals surface area contributed by atoms with Crippen LogP contribution in [0.4, 0.5) is 0 Å². The van der Waals surface area contributed by atoms with E-state index in [0.717, 1.165) is 42.0 Å². The van der Waals surface area contributed by atoms with Crippen molar-refractivity contribution in [2.24, 2.45) is 0 Å². The third-order valence-electron chi connectivity index (χ3n) is 4.31. The predicted molar refractivity (Wildman–Crippen MR) is 84.9 cm³/mol. The smallest absolute Gasteiger partial charge is 0.258 e. The first-order valence-corrected chi connectivity index (χ1v) is 7.70. The summed E-state index contributed by atoms with van der Waals surface area (Å²) in [6, 6.07) is 2.09.